The Morgan fingerprint density at radius 3 is 2.53 bits per heavy atom. The summed E-state index contributed by atoms with van der Waals surface area (Å²) in [6.07, 6.45) is 4.45. The predicted octanol–water partition coefficient (Wildman–Crippen LogP) is 3.16. The van der Waals surface area contributed by atoms with Crippen molar-refractivity contribution in [1.29, 1.82) is 0 Å². The van der Waals surface area contributed by atoms with E-state index in [1.54, 1.807) is 0 Å². The van der Waals surface area contributed by atoms with E-state index in [2.05, 4.69) is 50.7 Å². The number of nitrogens with zero attached hydrogens (tertiary/aromatic N) is 2. The van der Waals surface area contributed by atoms with E-state index >= 15 is 0 Å². The lowest BCUT2D eigenvalue weighted by atomic mass is 10.1. The molecule has 98 valence electrons. The lowest BCUT2D eigenvalue weighted by Crippen LogP contribution is -2.18. The van der Waals surface area contributed by atoms with Gasteiger partial charge in [-0.3, -0.25) is 0 Å². The van der Waals surface area contributed by atoms with Gasteiger partial charge >= 0.3 is 0 Å². The molecule has 1 N–H and O–H groups in total. The van der Waals surface area contributed by atoms with Crippen molar-refractivity contribution in [3.05, 3.63) is 17.7 Å². The average Bonchev–Trinajstić information content (AvgIpc) is 2.69. The molecular formula is C14H27N3. The van der Waals surface area contributed by atoms with Crippen LogP contribution in [0.4, 0.5) is 0 Å². The molecule has 17 heavy (non-hydrogen) atoms. The van der Waals surface area contributed by atoms with Crippen LogP contribution in [0.5, 0.6) is 0 Å². The van der Waals surface area contributed by atoms with Gasteiger partial charge in [-0.05, 0) is 25.8 Å². The highest BCUT2D eigenvalue weighted by Gasteiger charge is 2.11. The molecule has 0 bridgehead atoms. The molecule has 0 aliphatic carbocycles. The molecule has 3 heteroatoms. The van der Waals surface area contributed by atoms with E-state index < -0.39 is 0 Å². The third-order valence-electron chi connectivity index (χ3n) is 3.10. The Labute approximate surface area is 106 Å². The minimum atomic E-state index is 0.352. The third kappa shape index (κ3) is 4.15. The molecule has 0 amide bonds. The highest BCUT2D eigenvalue weighted by molar-refractivity contribution is 5.08. The Hall–Kier alpha value is -0.830. The van der Waals surface area contributed by atoms with Crippen molar-refractivity contribution in [1.82, 2.24) is 14.9 Å². The maximum atomic E-state index is 4.73. The first-order valence-electron chi connectivity index (χ1n) is 6.87. The Bertz CT molecular complexity index is 328. The summed E-state index contributed by atoms with van der Waals surface area (Å²) in [5.41, 5.74) is 1.17. The number of nitrogens with one attached hydrogen (secondary N) is 1. The molecule has 1 atom stereocenters. The van der Waals surface area contributed by atoms with Crippen LogP contribution < -0.4 is 5.32 Å². The van der Waals surface area contributed by atoms with Crippen LogP contribution in [0.25, 0.3) is 0 Å². The van der Waals surface area contributed by atoms with Gasteiger partial charge in [-0.15, -0.1) is 0 Å². The highest BCUT2D eigenvalue weighted by Crippen LogP contribution is 2.14. The van der Waals surface area contributed by atoms with Gasteiger partial charge in [0.2, 0.25) is 0 Å². The standard InChI is InChI=1S/C14H27N3/c1-6-14-16-13(12(5)15-7-2)10-17(14)9-8-11(3)4/h10-12,15H,6-9H2,1-5H3. The summed E-state index contributed by atoms with van der Waals surface area (Å²) in [7, 11) is 0. The first kappa shape index (κ1) is 14.2. The van der Waals surface area contributed by atoms with Gasteiger partial charge in [0.05, 0.1) is 5.69 Å². The summed E-state index contributed by atoms with van der Waals surface area (Å²) < 4.78 is 2.32. The van der Waals surface area contributed by atoms with Crippen LogP contribution in [0.15, 0.2) is 6.20 Å². The third-order valence-corrected chi connectivity index (χ3v) is 3.10. The minimum Gasteiger partial charge on any atom is -0.335 e. The van der Waals surface area contributed by atoms with Gasteiger partial charge in [-0.25, -0.2) is 4.98 Å². The van der Waals surface area contributed by atoms with E-state index in [1.165, 1.54) is 17.9 Å². The van der Waals surface area contributed by atoms with Crippen LogP contribution in [-0.4, -0.2) is 16.1 Å². The molecule has 3 nitrogen and oxygen atoms in total. The van der Waals surface area contributed by atoms with E-state index in [-0.39, 0.29) is 0 Å². The molecule has 0 aromatic carbocycles. The molecule has 0 aliphatic heterocycles. The monoisotopic (exact) mass is 237 g/mol. The Kier molecular flexibility index (Phi) is 5.69. The molecular weight excluding hydrogens is 210 g/mol. The molecule has 0 fully saturated rings. The smallest absolute Gasteiger partial charge is 0.108 e. The predicted molar refractivity (Wildman–Crippen MR) is 73.2 cm³/mol. The van der Waals surface area contributed by atoms with Gasteiger partial charge in [0, 0.05) is 25.2 Å². The lowest BCUT2D eigenvalue weighted by molar-refractivity contribution is 0.505. The van der Waals surface area contributed by atoms with Gasteiger partial charge in [0.15, 0.2) is 0 Å². The maximum absolute atomic E-state index is 4.73. The van der Waals surface area contributed by atoms with Crippen molar-refractivity contribution in [2.24, 2.45) is 5.92 Å². The highest BCUT2D eigenvalue weighted by atomic mass is 15.1. The molecule has 0 aliphatic rings. The number of hydrogen-bond donors (Lipinski definition) is 1. The second-order valence-electron chi connectivity index (χ2n) is 5.09. The zero-order valence-corrected chi connectivity index (χ0v) is 12.0. The molecule has 1 unspecified atom stereocenters. The number of aryl methyl sites for hydroxylation is 2. The van der Waals surface area contributed by atoms with Crippen molar-refractivity contribution >= 4 is 0 Å². The molecule has 1 aromatic rings. The van der Waals surface area contributed by atoms with Crippen LogP contribution in [0, 0.1) is 5.92 Å². The Balaban J connectivity index is 2.75. The van der Waals surface area contributed by atoms with Gasteiger partial charge in [-0.1, -0.05) is 27.7 Å². The summed E-state index contributed by atoms with van der Waals surface area (Å²) in [4.78, 5) is 4.73. The SMILES string of the molecule is CCNC(C)c1cn(CCC(C)C)c(CC)n1. The molecule has 0 saturated heterocycles. The topological polar surface area (TPSA) is 29.9 Å². The average molecular weight is 237 g/mol. The summed E-state index contributed by atoms with van der Waals surface area (Å²) >= 11 is 0. The van der Waals surface area contributed by atoms with Crippen LogP contribution in [0.1, 0.15) is 58.6 Å². The number of imidazole rings is 1. The number of hydrogen-bond acceptors (Lipinski definition) is 2. The molecule has 0 radical (unpaired) electrons. The van der Waals surface area contributed by atoms with E-state index in [0.717, 1.165) is 25.4 Å². The van der Waals surface area contributed by atoms with E-state index in [1.807, 2.05) is 0 Å². The van der Waals surface area contributed by atoms with Crippen LogP contribution in [0.3, 0.4) is 0 Å². The maximum Gasteiger partial charge on any atom is 0.108 e. The quantitative estimate of drug-likeness (QED) is 0.789. The van der Waals surface area contributed by atoms with Gasteiger partial charge in [-0.2, -0.15) is 0 Å². The minimum absolute atomic E-state index is 0.352. The van der Waals surface area contributed by atoms with E-state index in [0.29, 0.717) is 6.04 Å². The van der Waals surface area contributed by atoms with Gasteiger partial charge < -0.3 is 9.88 Å². The molecule has 0 spiro atoms. The van der Waals surface area contributed by atoms with Crippen LogP contribution in [-0.2, 0) is 13.0 Å². The van der Waals surface area contributed by atoms with Crippen molar-refractivity contribution in [3.63, 3.8) is 0 Å². The molecule has 0 saturated carbocycles. The first-order chi connectivity index (χ1) is 8.08. The fourth-order valence-electron chi connectivity index (χ4n) is 1.97. The fourth-order valence-corrected chi connectivity index (χ4v) is 1.97. The Morgan fingerprint density at radius 2 is 2.00 bits per heavy atom. The molecule has 1 aromatic heterocycles. The molecule has 1 heterocycles. The summed E-state index contributed by atoms with van der Waals surface area (Å²) in [5, 5.41) is 3.42. The summed E-state index contributed by atoms with van der Waals surface area (Å²) in [6.45, 7) is 13.1. The van der Waals surface area contributed by atoms with Crippen molar-refractivity contribution in [2.45, 2.75) is 60.0 Å². The summed E-state index contributed by atoms with van der Waals surface area (Å²) in [6, 6.07) is 0.352. The van der Waals surface area contributed by atoms with Crippen LogP contribution >= 0.6 is 0 Å². The van der Waals surface area contributed by atoms with Gasteiger partial charge in [0.25, 0.3) is 0 Å². The summed E-state index contributed by atoms with van der Waals surface area (Å²) in [5.74, 6) is 1.96. The Morgan fingerprint density at radius 1 is 1.29 bits per heavy atom. The van der Waals surface area contributed by atoms with Crippen molar-refractivity contribution in [3.8, 4) is 0 Å². The van der Waals surface area contributed by atoms with E-state index in [9.17, 15) is 0 Å². The van der Waals surface area contributed by atoms with Crippen LogP contribution in [0.2, 0.25) is 0 Å². The van der Waals surface area contributed by atoms with Crippen molar-refractivity contribution in [2.75, 3.05) is 6.54 Å². The van der Waals surface area contributed by atoms with Crippen molar-refractivity contribution < 1.29 is 0 Å². The number of aromatic nitrogens is 2. The largest absolute Gasteiger partial charge is 0.335 e. The zero-order valence-electron chi connectivity index (χ0n) is 12.0. The fraction of sp³-hybridized carbons (Fsp3) is 0.786. The zero-order chi connectivity index (χ0) is 12.8. The number of rotatable bonds is 7. The van der Waals surface area contributed by atoms with Gasteiger partial charge in [0.1, 0.15) is 5.82 Å². The second-order valence-corrected chi connectivity index (χ2v) is 5.09. The van der Waals surface area contributed by atoms with E-state index in [4.69, 9.17) is 4.98 Å². The first-order valence-corrected chi connectivity index (χ1v) is 6.87. The second kappa shape index (κ2) is 6.80. The lowest BCUT2D eigenvalue weighted by Gasteiger charge is -2.09. The normalized spacial score (nSPS) is 13.3. The molecule has 1 rings (SSSR count).